The summed E-state index contributed by atoms with van der Waals surface area (Å²) in [7, 11) is 0. The molecule has 0 amide bonds. The molecule has 96 valence electrons. The Kier molecular flexibility index (Phi) is 3.36. The highest BCUT2D eigenvalue weighted by Crippen LogP contribution is 2.30. The van der Waals surface area contributed by atoms with Crippen LogP contribution in [0.15, 0.2) is 18.2 Å². The van der Waals surface area contributed by atoms with Gasteiger partial charge >= 0.3 is 0 Å². The van der Waals surface area contributed by atoms with E-state index in [-0.39, 0.29) is 16.6 Å². The van der Waals surface area contributed by atoms with Crippen LogP contribution in [0.1, 0.15) is 19.0 Å². The van der Waals surface area contributed by atoms with E-state index in [2.05, 4.69) is 10.3 Å². The molecule has 0 spiro atoms. The lowest BCUT2D eigenvalue weighted by Crippen LogP contribution is -2.03. The SMILES string of the molecule is CCNc1cc(C(F)F)nc2c(F)ccc(F)c12. The molecule has 6 heteroatoms. The Balaban J connectivity index is 2.80. The molecule has 0 aliphatic carbocycles. The monoisotopic (exact) mass is 258 g/mol. The van der Waals surface area contributed by atoms with E-state index >= 15 is 0 Å². The summed E-state index contributed by atoms with van der Waals surface area (Å²) >= 11 is 0. The molecule has 18 heavy (non-hydrogen) atoms. The van der Waals surface area contributed by atoms with Crippen LogP contribution in [0.3, 0.4) is 0 Å². The summed E-state index contributed by atoms with van der Waals surface area (Å²) in [5.74, 6) is -1.52. The number of pyridine rings is 1. The molecular formula is C12H10F4N2. The van der Waals surface area contributed by atoms with Gasteiger partial charge in [0.2, 0.25) is 0 Å². The Hall–Kier alpha value is -1.85. The summed E-state index contributed by atoms with van der Waals surface area (Å²) in [4.78, 5) is 3.47. The van der Waals surface area contributed by atoms with Crippen molar-refractivity contribution in [2.75, 3.05) is 11.9 Å². The van der Waals surface area contributed by atoms with Crippen molar-refractivity contribution in [1.29, 1.82) is 0 Å². The lowest BCUT2D eigenvalue weighted by Gasteiger charge is -2.11. The number of rotatable bonds is 3. The third-order valence-corrected chi connectivity index (χ3v) is 2.47. The van der Waals surface area contributed by atoms with Crippen molar-refractivity contribution in [1.82, 2.24) is 4.98 Å². The first-order valence-electron chi connectivity index (χ1n) is 5.35. The van der Waals surface area contributed by atoms with Crippen LogP contribution in [0.4, 0.5) is 23.2 Å². The average molecular weight is 258 g/mol. The second-order valence-corrected chi connectivity index (χ2v) is 3.68. The molecule has 2 rings (SSSR count). The second-order valence-electron chi connectivity index (χ2n) is 3.68. The highest BCUT2D eigenvalue weighted by atomic mass is 19.3. The molecule has 0 unspecified atom stereocenters. The van der Waals surface area contributed by atoms with Gasteiger partial charge in [-0.1, -0.05) is 0 Å². The number of nitrogens with one attached hydrogen (secondary N) is 1. The minimum atomic E-state index is -2.84. The van der Waals surface area contributed by atoms with E-state index in [1.165, 1.54) is 0 Å². The van der Waals surface area contributed by atoms with E-state index in [9.17, 15) is 17.6 Å². The number of halogens is 4. The van der Waals surface area contributed by atoms with E-state index < -0.39 is 23.8 Å². The summed E-state index contributed by atoms with van der Waals surface area (Å²) < 4.78 is 52.5. The average Bonchev–Trinajstić information content (AvgIpc) is 2.33. The van der Waals surface area contributed by atoms with Gasteiger partial charge < -0.3 is 5.32 Å². The lowest BCUT2D eigenvalue weighted by molar-refractivity contribution is 0.146. The molecular weight excluding hydrogens is 248 g/mol. The second kappa shape index (κ2) is 4.80. The summed E-state index contributed by atoms with van der Waals surface area (Å²) in [6.45, 7) is 2.13. The summed E-state index contributed by atoms with van der Waals surface area (Å²) in [5, 5.41) is 2.62. The number of alkyl halides is 2. The largest absolute Gasteiger partial charge is 0.385 e. The molecule has 1 heterocycles. The fourth-order valence-corrected chi connectivity index (χ4v) is 1.73. The van der Waals surface area contributed by atoms with Gasteiger partial charge in [0.05, 0.1) is 5.39 Å². The Morgan fingerprint density at radius 2 is 1.89 bits per heavy atom. The van der Waals surface area contributed by atoms with Crippen LogP contribution < -0.4 is 5.32 Å². The van der Waals surface area contributed by atoms with Crippen LogP contribution in [0, 0.1) is 11.6 Å². The molecule has 0 fully saturated rings. The molecule has 0 bridgehead atoms. The van der Waals surface area contributed by atoms with E-state index in [0.717, 1.165) is 18.2 Å². The number of nitrogens with zero attached hydrogens (tertiary/aromatic N) is 1. The van der Waals surface area contributed by atoms with Crippen molar-refractivity contribution < 1.29 is 17.6 Å². The minimum Gasteiger partial charge on any atom is -0.385 e. The predicted molar refractivity (Wildman–Crippen MR) is 60.8 cm³/mol. The normalized spacial score (nSPS) is 11.2. The highest BCUT2D eigenvalue weighted by molar-refractivity contribution is 5.92. The van der Waals surface area contributed by atoms with Crippen LogP contribution >= 0.6 is 0 Å². The van der Waals surface area contributed by atoms with Gasteiger partial charge in [-0.3, -0.25) is 0 Å². The Labute approximate surface area is 101 Å². The molecule has 1 aromatic heterocycles. The zero-order valence-corrected chi connectivity index (χ0v) is 9.48. The first-order chi connectivity index (χ1) is 8.54. The van der Waals surface area contributed by atoms with Crippen molar-refractivity contribution in [3.63, 3.8) is 0 Å². The third-order valence-electron chi connectivity index (χ3n) is 2.47. The van der Waals surface area contributed by atoms with Gasteiger partial charge in [-0.15, -0.1) is 0 Å². The quantitative estimate of drug-likeness (QED) is 0.845. The van der Waals surface area contributed by atoms with E-state index in [4.69, 9.17) is 0 Å². The van der Waals surface area contributed by atoms with Gasteiger partial charge in [-0.2, -0.15) is 0 Å². The van der Waals surface area contributed by atoms with Crippen molar-refractivity contribution in [2.24, 2.45) is 0 Å². The zero-order valence-electron chi connectivity index (χ0n) is 9.48. The smallest absolute Gasteiger partial charge is 0.280 e. The Morgan fingerprint density at radius 3 is 2.50 bits per heavy atom. The van der Waals surface area contributed by atoms with Crippen LogP contribution in [0.2, 0.25) is 0 Å². The number of aromatic nitrogens is 1. The summed E-state index contributed by atoms with van der Waals surface area (Å²) in [6, 6.07) is 2.86. The number of hydrogen-bond acceptors (Lipinski definition) is 2. The van der Waals surface area contributed by atoms with Crippen LogP contribution in [0.5, 0.6) is 0 Å². The topological polar surface area (TPSA) is 24.9 Å². The number of hydrogen-bond donors (Lipinski definition) is 1. The van der Waals surface area contributed by atoms with Gasteiger partial charge in [-0.05, 0) is 25.1 Å². The molecule has 0 aliphatic heterocycles. The van der Waals surface area contributed by atoms with Gasteiger partial charge in [0.1, 0.15) is 22.8 Å². The molecule has 0 saturated heterocycles. The van der Waals surface area contributed by atoms with Crippen LogP contribution in [-0.4, -0.2) is 11.5 Å². The molecule has 1 aromatic carbocycles. The van der Waals surface area contributed by atoms with Crippen molar-refractivity contribution in [3.05, 3.63) is 35.5 Å². The van der Waals surface area contributed by atoms with Gasteiger partial charge in [0, 0.05) is 12.2 Å². The molecule has 0 atom stereocenters. The molecule has 0 saturated carbocycles. The molecule has 2 nitrogen and oxygen atoms in total. The maximum Gasteiger partial charge on any atom is 0.280 e. The maximum atomic E-state index is 13.6. The van der Waals surface area contributed by atoms with E-state index in [0.29, 0.717) is 6.54 Å². The number of anilines is 1. The number of benzene rings is 1. The molecule has 2 aromatic rings. The van der Waals surface area contributed by atoms with Crippen LogP contribution in [-0.2, 0) is 0 Å². The van der Waals surface area contributed by atoms with E-state index in [1.54, 1.807) is 6.92 Å². The van der Waals surface area contributed by atoms with Crippen molar-refractivity contribution >= 4 is 16.6 Å². The Bertz CT molecular complexity index is 584. The lowest BCUT2D eigenvalue weighted by atomic mass is 10.1. The van der Waals surface area contributed by atoms with Gasteiger partial charge in [-0.25, -0.2) is 22.5 Å². The highest BCUT2D eigenvalue weighted by Gasteiger charge is 2.17. The third kappa shape index (κ3) is 2.10. The predicted octanol–water partition coefficient (Wildman–Crippen LogP) is 3.88. The van der Waals surface area contributed by atoms with Crippen LogP contribution in [0.25, 0.3) is 10.9 Å². The standard InChI is InChI=1S/C12H10F4N2/c1-2-17-8-5-9(12(15)16)18-11-7(14)4-3-6(13)10(8)11/h3-5,12H,2H2,1H3,(H,17,18). The molecule has 0 radical (unpaired) electrons. The first-order valence-corrected chi connectivity index (χ1v) is 5.35. The minimum absolute atomic E-state index is 0.110. The molecule has 0 aliphatic rings. The molecule has 1 N–H and O–H groups in total. The number of fused-ring (bicyclic) bond motifs is 1. The summed E-state index contributed by atoms with van der Waals surface area (Å²) in [6.07, 6.45) is -2.84. The Morgan fingerprint density at radius 1 is 1.22 bits per heavy atom. The van der Waals surface area contributed by atoms with Crippen molar-refractivity contribution in [3.8, 4) is 0 Å². The summed E-state index contributed by atoms with van der Waals surface area (Å²) in [5.41, 5.74) is -0.846. The first kappa shape index (κ1) is 12.6. The van der Waals surface area contributed by atoms with E-state index in [1.807, 2.05) is 0 Å². The fourth-order valence-electron chi connectivity index (χ4n) is 1.73. The fraction of sp³-hybridized carbons (Fsp3) is 0.250. The van der Waals surface area contributed by atoms with Gasteiger partial charge in [0.25, 0.3) is 6.43 Å². The zero-order chi connectivity index (χ0) is 13.3. The van der Waals surface area contributed by atoms with Crippen molar-refractivity contribution in [2.45, 2.75) is 13.3 Å². The maximum absolute atomic E-state index is 13.6. The van der Waals surface area contributed by atoms with Gasteiger partial charge in [0.15, 0.2) is 0 Å².